The standard InChI is InChI=1S/C16H20ClNO/c1-2-13-5-3-7-15(9-13)19-16-10-14(6-4-8-17)11-18-12-16/h10-13,15H,2-3,5,7-9H2,1H3. The monoisotopic (exact) mass is 277 g/mol. The molecule has 102 valence electrons. The molecule has 1 aliphatic rings. The van der Waals surface area contributed by atoms with Gasteiger partial charge in [-0.3, -0.25) is 4.98 Å². The highest BCUT2D eigenvalue weighted by Crippen LogP contribution is 2.29. The van der Waals surface area contributed by atoms with Crippen molar-refractivity contribution in [2.24, 2.45) is 5.92 Å². The van der Waals surface area contributed by atoms with Crippen molar-refractivity contribution in [3.05, 3.63) is 24.0 Å². The van der Waals surface area contributed by atoms with Crippen LogP contribution in [0, 0.1) is 17.8 Å². The van der Waals surface area contributed by atoms with Gasteiger partial charge in [0.2, 0.25) is 0 Å². The summed E-state index contributed by atoms with van der Waals surface area (Å²) in [7, 11) is 0. The Morgan fingerprint density at radius 1 is 1.42 bits per heavy atom. The first kappa shape index (κ1) is 14.2. The lowest BCUT2D eigenvalue weighted by Crippen LogP contribution is -2.25. The topological polar surface area (TPSA) is 22.1 Å². The van der Waals surface area contributed by atoms with Crippen LogP contribution in [0.1, 0.15) is 44.6 Å². The molecule has 0 spiro atoms. The molecular weight excluding hydrogens is 258 g/mol. The van der Waals surface area contributed by atoms with Crippen LogP contribution in [0.3, 0.4) is 0 Å². The molecule has 0 amide bonds. The van der Waals surface area contributed by atoms with E-state index in [1.54, 1.807) is 12.4 Å². The van der Waals surface area contributed by atoms with Crippen LogP contribution in [0.2, 0.25) is 0 Å². The van der Waals surface area contributed by atoms with Crippen molar-refractivity contribution in [1.82, 2.24) is 4.98 Å². The molecule has 2 nitrogen and oxygen atoms in total. The predicted octanol–water partition coefficient (Wildman–Crippen LogP) is 4.02. The Labute approximate surface area is 120 Å². The Morgan fingerprint density at radius 2 is 2.32 bits per heavy atom. The van der Waals surface area contributed by atoms with Gasteiger partial charge in [0, 0.05) is 11.8 Å². The van der Waals surface area contributed by atoms with Gasteiger partial charge in [0.15, 0.2) is 0 Å². The van der Waals surface area contributed by atoms with Crippen molar-refractivity contribution < 1.29 is 4.74 Å². The Hall–Kier alpha value is -1.20. The number of nitrogens with zero attached hydrogens (tertiary/aromatic N) is 1. The van der Waals surface area contributed by atoms with E-state index in [4.69, 9.17) is 16.3 Å². The molecule has 0 aromatic carbocycles. The molecule has 2 atom stereocenters. The molecule has 1 fully saturated rings. The van der Waals surface area contributed by atoms with E-state index in [0.29, 0.717) is 12.0 Å². The first-order chi connectivity index (χ1) is 9.31. The maximum absolute atomic E-state index is 6.04. The smallest absolute Gasteiger partial charge is 0.139 e. The van der Waals surface area contributed by atoms with Crippen LogP contribution in [0.25, 0.3) is 0 Å². The minimum absolute atomic E-state index is 0.330. The molecule has 1 aliphatic carbocycles. The Balaban J connectivity index is 1.98. The van der Waals surface area contributed by atoms with Crippen LogP contribution in [-0.2, 0) is 0 Å². The second kappa shape index (κ2) is 7.40. The Kier molecular flexibility index (Phi) is 5.54. The molecule has 0 radical (unpaired) electrons. The Bertz CT molecular complexity index is 463. The van der Waals surface area contributed by atoms with Crippen LogP contribution < -0.4 is 4.74 Å². The highest BCUT2D eigenvalue weighted by Gasteiger charge is 2.22. The second-order valence-corrected chi connectivity index (χ2v) is 5.29. The van der Waals surface area contributed by atoms with Crippen LogP contribution in [0.15, 0.2) is 18.5 Å². The predicted molar refractivity (Wildman–Crippen MR) is 78.5 cm³/mol. The average Bonchev–Trinajstić information content (AvgIpc) is 2.46. The van der Waals surface area contributed by atoms with E-state index in [1.807, 2.05) is 6.07 Å². The number of hydrogen-bond acceptors (Lipinski definition) is 2. The number of halogens is 1. The molecule has 1 heterocycles. The van der Waals surface area contributed by atoms with Crippen molar-refractivity contribution in [2.45, 2.75) is 45.1 Å². The van der Waals surface area contributed by atoms with E-state index < -0.39 is 0 Å². The van der Waals surface area contributed by atoms with Gasteiger partial charge in [-0.1, -0.05) is 31.6 Å². The number of aromatic nitrogens is 1. The third kappa shape index (κ3) is 4.44. The fourth-order valence-electron chi connectivity index (χ4n) is 2.60. The SMILES string of the molecule is CCC1CCCC(Oc2cncc(C#CCCl)c2)C1. The van der Waals surface area contributed by atoms with Crippen molar-refractivity contribution in [1.29, 1.82) is 0 Å². The first-order valence-electron chi connectivity index (χ1n) is 6.98. The van der Waals surface area contributed by atoms with E-state index in [1.165, 1.54) is 19.3 Å². The lowest BCUT2D eigenvalue weighted by molar-refractivity contribution is 0.121. The van der Waals surface area contributed by atoms with Gasteiger partial charge >= 0.3 is 0 Å². The molecule has 19 heavy (non-hydrogen) atoms. The average molecular weight is 278 g/mol. The fourth-order valence-corrected chi connectivity index (χ4v) is 2.67. The van der Waals surface area contributed by atoms with E-state index in [9.17, 15) is 0 Å². The van der Waals surface area contributed by atoms with Gasteiger partial charge in [0.25, 0.3) is 0 Å². The van der Waals surface area contributed by atoms with Gasteiger partial charge in [-0.05, 0) is 31.2 Å². The third-order valence-electron chi connectivity index (χ3n) is 3.63. The maximum Gasteiger partial charge on any atom is 0.139 e. The number of rotatable bonds is 3. The summed E-state index contributed by atoms with van der Waals surface area (Å²) in [6.45, 7) is 2.26. The molecule has 0 saturated heterocycles. The molecule has 0 bridgehead atoms. The highest BCUT2D eigenvalue weighted by atomic mass is 35.5. The molecule has 2 unspecified atom stereocenters. The summed E-state index contributed by atoms with van der Waals surface area (Å²) in [5.74, 6) is 7.77. The molecule has 3 heteroatoms. The van der Waals surface area contributed by atoms with Crippen LogP contribution >= 0.6 is 11.6 Å². The zero-order valence-corrected chi connectivity index (χ0v) is 12.1. The van der Waals surface area contributed by atoms with Crippen LogP contribution in [0.5, 0.6) is 5.75 Å². The summed E-state index contributed by atoms with van der Waals surface area (Å²) < 4.78 is 6.04. The van der Waals surface area contributed by atoms with Crippen LogP contribution in [0.4, 0.5) is 0 Å². The molecular formula is C16H20ClNO. The van der Waals surface area contributed by atoms with Gasteiger partial charge in [-0.25, -0.2) is 0 Å². The zero-order valence-electron chi connectivity index (χ0n) is 11.4. The van der Waals surface area contributed by atoms with E-state index >= 15 is 0 Å². The van der Waals surface area contributed by atoms with Gasteiger partial charge in [-0.15, -0.1) is 11.6 Å². The number of alkyl halides is 1. The van der Waals surface area contributed by atoms with Crippen molar-refractivity contribution in [3.63, 3.8) is 0 Å². The van der Waals surface area contributed by atoms with Crippen LogP contribution in [-0.4, -0.2) is 17.0 Å². The molecule has 2 rings (SSSR count). The van der Waals surface area contributed by atoms with Crippen molar-refractivity contribution >= 4 is 11.6 Å². The highest BCUT2D eigenvalue weighted by molar-refractivity contribution is 6.19. The largest absolute Gasteiger partial charge is 0.489 e. The van der Waals surface area contributed by atoms with Gasteiger partial charge < -0.3 is 4.74 Å². The van der Waals surface area contributed by atoms with Gasteiger partial charge in [0.05, 0.1) is 18.2 Å². The number of pyridine rings is 1. The van der Waals surface area contributed by atoms with Gasteiger partial charge in [0.1, 0.15) is 5.75 Å². The van der Waals surface area contributed by atoms with E-state index in [-0.39, 0.29) is 0 Å². The van der Waals surface area contributed by atoms with E-state index in [0.717, 1.165) is 30.1 Å². The third-order valence-corrected chi connectivity index (χ3v) is 3.76. The molecule has 1 aromatic heterocycles. The molecule has 0 N–H and O–H groups in total. The Morgan fingerprint density at radius 3 is 3.11 bits per heavy atom. The lowest BCUT2D eigenvalue weighted by atomic mass is 9.85. The minimum Gasteiger partial charge on any atom is -0.489 e. The van der Waals surface area contributed by atoms with E-state index in [2.05, 4.69) is 23.7 Å². The number of ether oxygens (including phenoxy) is 1. The summed E-state index contributed by atoms with van der Waals surface area (Å²) in [5, 5.41) is 0. The zero-order chi connectivity index (χ0) is 13.5. The summed E-state index contributed by atoms with van der Waals surface area (Å²) in [6.07, 6.45) is 10.0. The quantitative estimate of drug-likeness (QED) is 0.615. The maximum atomic E-state index is 6.04. The normalized spacial score (nSPS) is 22.4. The molecule has 1 aromatic rings. The van der Waals surface area contributed by atoms with Gasteiger partial charge in [-0.2, -0.15) is 0 Å². The first-order valence-corrected chi connectivity index (χ1v) is 7.51. The van der Waals surface area contributed by atoms with Crippen molar-refractivity contribution in [2.75, 3.05) is 5.88 Å². The second-order valence-electron chi connectivity index (χ2n) is 5.03. The summed E-state index contributed by atoms with van der Waals surface area (Å²) >= 11 is 5.55. The minimum atomic E-state index is 0.330. The summed E-state index contributed by atoms with van der Waals surface area (Å²) in [6, 6.07) is 1.95. The lowest BCUT2D eigenvalue weighted by Gasteiger charge is -2.28. The molecule has 0 aliphatic heterocycles. The summed E-state index contributed by atoms with van der Waals surface area (Å²) in [4.78, 5) is 4.17. The molecule has 1 saturated carbocycles. The van der Waals surface area contributed by atoms with Crippen molar-refractivity contribution in [3.8, 4) is 17.6 Å². The fraction of sp³-hybridized carbons (Fsp3) is 0.562. The number of hydrogen-bond donors (Lipinski definition) is 0. The summed E-state index contributed by atoms with van der Waals surface area (Å²) in [5.41, 5.74) is 0.862.